The molecule has 7 heteroatoms. The Labute approximate surface area is 151 Å². The number of benzene rings is 1. The predicted octanol–water partition coefficient (Wildman–Crippen LogP) is 5.12. The van der Waals surface area contributed by atoms with Crippen LogP contribution < -0.4 is 10.2 Å². The highest BCUT2D eigenvalue weighted by Gasteiger charge is 2.33. The molecule has 120 valence electrons. The monoisotopic (exact) mass is 412 g/mol. The molecule has 2 amide bonds. The molecule has 2 heterocycles. The fraction of sp³-hybridized carbons (Fsp3) is 0.250. The number of amides is 2. The lowest BCUT2D eigenvalue weighted by molar-refractivity contribution is -0.117. The van der Waals surface area contributed by atoms with Gasteiger partial charge in [0, 0.05) is 16.6 Å². The highest BCUT2D eigenvalue weighted by molar-refractivity contribution is 9.09. The van der Waals surface area contributed by atoms with Crippen molar-refractivity contribution < 1.29 is 9.59 Å². The van der Waals surface area contributed by atoms with Crippen LogP contribution in [0.15, 0.2) is 24.3 Å². The van der Waals surface area contributed by atoms with Crippen LogP contribution in [-0.4, -0.2) is 17.1 Å². The molecular weight excluding hydrogens is 400 g/mol. The van der Waals surface area contributed by atoms with E-state index in [2.05, 4.69) is 21.2 Å². The maximum atomic E-state index is 12.8. The number of thiophene rings is 1. The number of hydrogen-bond acceptors (Lipinski definition) is 3. The molecule has 0 fully saturated rings. The van der Waals surface area contributed by atoms with Crippen molar-refractivity contribution in [3.63, 3.8) is 0 Å². The molecule has 0 bridgehead atoms. The summed E-state index contributed by atoms with van der Waals surface area (Å²) in [5.41, 5.74) is 2.24. The second kappa shape index (κ2) is 6.63. The highest BCUT2D eigenvalue weighted by Crippen LogP contribution is 2.47. The molecule has 23 heavy (non-hydrogen) atoms. The summed E-state index contributed by atoms with van der Waals surface area (Å²) in [5, 5.41) is 3.62. The van der Waals surface area contributed by atoms with E-state index in [-0.39, 0.29) is 11.8 Å². The lowest BCUT2D eigenvalue weighted by atomic mass is 10.1. The van der Waals surface area contributed by atoms with Crippen LogP contribution in [-0.2, 0) is 4.79 Å². The van der Waals surface area contributed by atoms with Crippen molar-refractivity contribution in [1.29, 1.82) is 0 Å². The summed E-state index contributed by atoms with van der Waals surface area (Å²) in [6.45, 7) is 1.84. The number of rotatable bonds is 3. The number of fused-ring (bicyclic) bond motifs is 2. The minimum atomic E-state index is -0.233. The first-order chi connectivity index (χ1) is 11.0. The van der Waals surface area contributed by atoms with Crippen molar-refractivity contribution in [2.75, 3.05) is 15.5 Å². The zero-order chi connectivity index (χ0) is 16.6. The smallest absolute Gasteiger partial charge is 0.259 e. The molecule has 4 nitrogen and oxygen atoms in total. The Kier molecular flexibility index (Phi) is 4.75. The summed E-state index contributed by atoms with van der Waals surface area (Å²) in [4.78, 5) is 27.8. The van der Waals surface area contributed by atoms with Gasteiger partial charge in [0.1, 0.15) is 4.34 Å². The second-order valence-electron chi connectivity index (χ2n) is 5.15. The van der Waals surface area contributed by atoms with Gasteiger partial charge in [-0.25, -0.2) is 0 Å². The Bertz CT molecular complexity index is 790. The highest BCUT2D eigenvalue weighted by atomic mass is 79.9. The number of hydrogen-bond donors (Lipinski definition) is 1. The molecule has 0 radical (unpaired) electrons. The molecule has 1 aliphatic rings. The Morgan fingerprint density at radius 2 is 2.13 bits per heavy atom. The zero-order valence-corrected chi connectivity index (χ0v) is 15.5. The number of carbonyl (C=O) groups is 2. The van der Waals surface area contributed by atoms with Crippen LogP contribution >= 0.6 is 38.9 Å². The van der Waals surface area contributed by atoms with Crippen LogP contribution in [0.25, 0.3) is 0 Å². The van der Waals surface area contributed by atoms with E-state index in [1.165, 1.54) is 11.3 Å². The summed E-state index contributed by atoms with van der Waals surface area (Å²) in [6, 6.07) is 7.28. The molecule has 0 saturated carbocycles. The molecule has 0 unspecified atom stereocenters. The molecular formula is C16H14BrClN2O2S. The number of alkyl halides is 1. The van der Waals surface area contributed by atoms with E-state index in [4.69, 9.17) is 11.6 Å². The maximum Gasteiger partial charge on any atom is 0.259 e. The third-order valence-electron chi connectivity index (χ3n) is 3.64. The third kappa shape index (κ3) is 2.91. The van der Waals surface area contributed by atoms with Gasteiger partial charge < -0.3 is 5.32 Å². The molecule has 0 saturated heterocycles. The molecule has 1 N–H and O–H groups in total. The van der Waals surface area contributed by atoms with Crippen LogP contribution in [0.1, 0.15) is 28.1 Å². The Hall–Kier alpha value is -1.37. The standard InChI is InChI=1S/C16H14BrClN2O2S/c1-9-13-14(15(18)23-9)20(12(21)7-4-8-17)11-6-3-2-5-10(11)19-16(13)22/h2-3,5-6H,4,7-8H2,1H3,(H,19,22). The van der Waals surface area contributed by atoms with Crippen molar-refractivity contribution in [3.8, 4) is 0 Å². The van der Waals surface area contributed by atoms with Crippen LogP contribution in [0.3, 0.4) is 0 Å². The van der Waals surface area contributed by atoms with Crippen LogP contribution in [0.4, 0.5) is 17.1 Å². The lowest BCUT2D eigenvalue weighted by Gasteiger charge is -2.23. The van der Waals surface area contributed by atoms with Gasteiger partial charge in [-0.3, -0.25) is 14.5 Å². The number of nitrogens with one attached hydrogen (secondary N) is 1. The average Bonchev–Trinajstić information content (AvgIpc) is 2.74. The van der Waals surface area contributed by atoms with Crippen molar-refractivity contribution in [1.82, 2.24) is 0 Å². The summed E-state index contributed by atoms with van der Waals surface area (Å²) < 4.78 is 0.455. The number of halogens is 2. The minimum absolute atomic E-state index is 0.0747. The van der Waals surface area contributed by atoms with Gasteiger partial charge in [-0.2, -0.15) is 0 Å². The fourth-order valence-corrected chi connectivity index (χ4v) is 4.29. The molecule has 2 aromatic rings. The minimum Gasteiger partial charge on any atom is -0.320 e. The zero-order valence-electron chi connectivity index (χ0n) is 12.4. The maximum absolute atomic E-state index is 12.8. The van der Waals surface area contributed by atoms with Crippen LogP contribution in [0.2, 0.25) is 4.34 Å². The normalized spacial score (nSPS) is 13.2. The number of aryl methyl sites for hydroxylation is 1. The van der Waals surface area contributed by atoms with Gasteiger partial charge in [0.05, 0.1) is 22.6 Å². The van der Waals surface area contributed by atoms with Gasteiger partial charge >= 0.3 is 0 Å². The van der Waals surface area contributed by atoms with E-state index in [0.717, 1.165) is 16.6 Å². The number of nitrogens with zero attached hydrogens (tertiary/aromatic N) is 1. The van der Waals surface area contributed by atoms with Gasteiger partial charge in [-0.15, -0.1) is 11.3 Å². The van der Waals surface area contributed by atoms with E-state index in [1.807, 2.05) is 25.1 Å². The topological polar surface area (TPSA) is 49.4 Å². The molecule has 0 aliphatic carbocycles. The number of para-hydroxylation sites is 2. The first-order valence-corrected chi connectivity index (χ1v) is 9.44. The van der Waals surface area contributed by atoms with E-state index in [1.54, 1.807) is 11.0 Å². The van der Waals surface area contributed by atoms with E-state index < -0.39 is 0 Å². The predicted molar refractivity (Wildman–Crippen MR) is 98.6 cm³/mol. The number of carbonyl (C=O) groups excluding carboxylic acids is 2. The molecule has 0 atom stereocenters. The summed E-state index contributed by atoms with van der Waals surface area (Å²) >= 11 is 11.0. The fourth-order valence-electron chi connectivity index (χ4n) is 2.63. The van der Waals surface area contributed by atoms with Crippen molar-refractivity contribution in [3.05, 3.63) is 39.0 Å². The van der Waals surface area contributed by atoms with E-state index in [9.17, 15) is 9.59 Å². The van der Waals surface area contributed by atoms with Crippen molar-refractivity contribution in [2.45, 2.75) is 19.8 Å². The van der Waals surface area contributed by atoms with Gasteiger partial charge in [0.25, 0.3) is 5.91 Å². The number of anilines is 3. The average molecular weight is 414 g/mol. The molecule has 3 rings (SSSR count). The Balaban J connectivity index is 2.22. The summed E-state index contributed by atoms with van der Waals surface area (Å²) in [6.07, 6.45) is 1.09. The largest absolute Gasteiger partial charge is 0.320 e. The van der Waals surface area contributed by atoms with Crippen LogP contribution in [0, 0.1) is 6.92 Å². The lowest BCUT2D eigenvalue weighted by Crippen LogP contribution is -2.26. The molecule has 0 spiro atoms. The summed E-state index contributed by atoms with van der Waals surface area (Å²) in [5.74, 6) is -0.307. The summed E-state index contributed by atoms with van der Waals surface area (Å²) in [7, 11) is 0. The first-order valence-electron chi connectivity index (χ1n) is 7.12. The van der Waals surface area contributed by atoms with Gasteiger partial charge in [-0.05, 0) is 25.5 Å². The van der Waals surface area contributed by atoms with Gasteiger partial charge in [-0.1, -0.05) is 39.7 Å². The van der Waals surface area contributed by atoms with Crippen molar-refractivity contribution in [2.24, 2.45) is 0 Å². The van der Waals surface area contributed by atoms with Gasteiger partial charge in [0.2, 0.25) is 5.91 Å². The second-order valence-corrected chi connectivity index (χ2v) is 7.77. The first kappa shape index (κ1) is 16.5. The molecule has 1 aromatic heterocycles. The Morgan fingerprint density at radius 3 is 2.87 bits per heavy atom. The van der Waals surface area contributed by atoms with E-state index in [0.29, 0.717) is 33.4 Å². The van der Waals surface area contributed by atoms with Crippen LogP contribution in [0.5, 0.6) is 0 Å². The van der Waals surface area contributed by atoms with E-state index >= 15 is 0 Å². The molecule has 1 aliphatic heterocycles. The Morgan fingerprint density at radius 1 is 1.39 bits per heavy atom. The third-order valence-corrected chi connectivity index (χ3v) is 5.49. The van der Waals surface area contributed by atoms with Crippen molar-refractivity contribution >= 4 is 67.7 Å². The molecule has 1 aromatic carbocycles. The quantitative estimate of drug-likeness (QED) is 0.710. The SMILES string of the molecule is Cc1sc(Cl)c2c1C(=O)Nc1ccccc1N2C(=O)CCCBr. The van der Waals surface area contributed by atoms with Gasteiger partial charge in [0.15, 0.2) is 0 Å².